The van der Waals surface area contributed by atoms with Crippen LogP contribution in [0.25, 0.3) is 0 Å². The third kappa shape index (κ3) is 4.58. The monoisotopic (exact) mass is 392 g/mol. The van der Waals surface area contributed by atoms with Crippen LogP contribution in [0.15, 0.2) is 40.9 Å². The fourth-order valence-corrected chi connectivity index (χ4v) is 2.88. The van der Waals surface area contributed by atoms with Crippen molar-refractivity contribution in [3.05, 3.63) is 57.6 Å². The molecule has 0 aliphatic carbocycles. The van der Waals surface area contributed by atoms with Crippen molar-refractivity contribution in [2.24, 2.45) is 0 Å². The van der Waals surface area contributed by atoms with Gasteiger partial charge in [0.25, 0.3) is 0 Å². The van der Waals surface area contributed by atoms with Gasteiger partial charge in [-0.25, -0.2) is 9.59 Å². The van der Waals surface area contributed by atoms with Crippen molar-refractivity contribution in [2.45, 2.75) is 13.8 Å². The fourth-order valence-electron chi connectivity index (χ4n) is 2.19. The van der Waals surface area contributed by atoms with Gasteiger partial charge < -0.3 is 14.2 Å². The van der Waals surface area contributed by atoms with E-state index >= 15 is 0 Å². The summed E-state index contributed by atoms with van der Waals surface area (Å²) in [6.07, 6.45) is 0. The van der Waals surface area contributed by atoms with Gasteiger partial charge in [0.15, 0.2) is 6.61 Å². The molecule has 0 amide bonds. The second kappa shape index (κ2) is 7.97. The summed E-state index contributed by atoms with van der Waals surface area (Å²) in [6.45, 7) is 3.61. The molecule has 0 saturated carbocycles. The molecule has 0 N–H and O–H groups in total. The smallest absolute Gasteiger partial charge is 0.349 e. The van der Waals surface area contributed by atoms with Gasteiger partial charge in [-0.3, -0.25) is 0 Å². The molecule has 0 fully saturated rings. The number of esters is 2. The number of rotatable bonds is 5. The first-order chi connectivity index (χ1) is 11.4. The van der Waals surface area contributed by atoms with Gasteiger partial charge in [-0.1, -0.05) is 15.9 Å². The first-order valence-corrected chi connectivity index (χ1v) is 7.98. The summed E-state index contributed by atoms with van der Waals surface area (Å²) in [6, 6.07) is 9.94. The van der Waals surface area contributed by atoms with E-state index in [1.165, 1.54) is 31.4 Å². The van der Waals surface area contributed by atoms with Gasteiger partial charge in [-0.2, -0.15) is 0 Å². The van der Waals surface area contributed by atoms with Crippen molar-refractivity contribution in [1.82, 2.24) is 0 Å². The van der Waals surface area contributed by atoms with Crippen molar-refractivity contribution in [3.8, 4) is 11.5 Å². The lowest BCUT2D eigenvalue weighted by Gasteiger charge is -2.12. The van der Waals surface area contributed by atoms with E-state index in [1.54, 1.807) is 0 Å². The van der Waals surface area contributed by atoms with Gasteiger partial charge in [-0.05, 0) is 61.4 Å². The molecule has 0 bridgehead atoms. The van der Waals surface area contributed by atoms with Crippen LogP contribution in [0.3, 0.4) is 0 Å². The zero-order valence-corrected chi connectivity index (χ0v) is 15.2. The van der Waals surface area contributed by atoms with E-state index in [0.29, 0.717) is 17.1 Å². The zero-order valence-electron chi connectivity index (χ0n) is 13.6. The lowest BCUT2D eigenvalue weighted by Crippen LogP contribution is -2.18. The van der Waals surface area contributed by atoms with Crippen LogP contribution >= 0.6 is 15.9 Å². The summed E-state index contributed by atoms with van der Waals surface area (Å²) in [5, 5.41) is 0. The lowest BCUT2D eigenvalue weighted by molar-refractivity contribution is -0.136. The number of hydrogen-bond donors (Lipinski definition) is 0. The van der Waals surface area contributed by atoms with E-state index in [0.717, 1.165) is 15.6 Å². The molecule has 2 aromatic carbocycles. The van der Waals surface area contributed by atoms with Gasteiger partial charge >= 0.3 is 11.9 Å². The summed E-state index contributed by atoms with van der Waals surface area (Å²) in [5.74, 6) is 0.0247. The maximum Gasteiger partial charge on any atom is 0.349 e. The molecule has 0 aliphatic heterocycles. The molecule has 0 aromatic heterocycles. The largest absolute Gasteiger partial charge is 0.481 e. The van der Waals surface area contributed by atoms with Gasteiger partial charge in [0.05, 0.1) is 12.7 Å². The minimum atomic E-state index is -0.525. The minimum Gasteiger partial charge on any atom is -0.481 e. The number of hydrogen-bond acceptors (Lipinski definition) is 5. The van der Waals surface area contributed by atoms with Crippen molar-refractivity contribution < 1.29 is 23.8 Å². The molecule has 0 atom stereocenters. The number of ether oxygens (including phenoxy) is 3. The molecule has 6 heteroatoms. The SMILES string of the molecule is COC(=O)c1ccc(OC(=O)COc2c(C)cc(Br)cc2C)cc1. The average Bonchev–Trinajstić information content (AvgIpc) is 2.53. The van der Waals surface area contributed by atoms with Crippen molar-refractivity contribution >= 4 is 27.9 Å². The van der Waals surface area contributed by atoms with Crippen LogP contribution in [0, 0.1) is 13.8 Å². The molecule has 0 heterocycles. The van der Waals surface area contributed by atoms with Crippen molar-refractivity contribution in [1.29, 1.82) is 0 Å². The molecule has 24 heavy (non-hydrogen) atoms. The van der Waals surface area contributed by atoms with E-state index in [9.17, 15) is 9.59 Å². The van der Waals surface area contributed by atoms with Gasteiger partial charge in [-0.15, -0.1) is 0 Å². The number of carbonyl (C=O) groups is 2. The van der Waals surface area contributed by atoms with E-state index in [4.69, 9.17) is 9.47 Å². The van der Waals surface area contributed by atoms with Crippen molar-refractivity contribution in [2.75, 3.05) is 13.7 Å². The van der Waals surface area contributed by atoms with Crippen LogP contribution in [-0.2, 0) is 9.53 Å². The lowest BCUT2D eigenvalue weighted by atomic mass is 10.1. The molecule has 0 unspecified atom stereocenters. The van der Waals surface area contributed by atoms with Crippen LogP contribution < -0.4 is 9.47 Å². The fraction of sp³-hybridized carbons (Fsp3) is 0.222. The number of aryl methyl sites for hydroxylation is 2. The molecular weight excluding hydrogens is 376 g/mol. The second-order valence-corrected chi connectivity index (χ2v) is 6.06. The molecule has 5 nitrogen and oxygen atoms in total. The number of halogens is 1. The Morgan fingerprint density at radius 2 is 1.62 bits per heavy atom. The maximum atomic E-state index is 11.9. The van der Waals surface area contributed by atoms with Gasteiger partial charge in [0.2, 0.25) is 0 Å². The van der Waals surface area contributed by atoms with Crippen LogP contribution in [0.2, 0.25) is 0 Å². The highest BCUT2D eigenvalue weighted by molar-refractivity contribution is 9.10. The summed E-state index contributed by atoms with van der Waals surface area (Å²) >= 11 is 3.41. The summed E-state index contributed by atoms with van der Waals surface area (Å²) in [4.78, 5) is 23.2. The normalized spacial score (nSPS) is 10.2. The highest BCUT2D eigenvalue weighted by atomic mass is 79.9. The summed E-state index contributed by atoms with van der Waals surface area (Å²) < 4.78 is 16.3. The summed E-state index contributed by atoms with van der Waals surface area (Å²) in [7, 11) is 1.31. The highest BCUT2D eigenvalue weighted by Crippen LogP contribution is 2.27. The minimum absolute atomic E-state index is 0.206. The topological polar surface area (TPSA) is 61.8 Å². The summed E-state index contributed by atoms with van der Waals surface area (Å²) in [5.41, 5.74) is 2.24. The van der Waals surface area contributed by atoms with Gasteiger partial charge in [0.1, 0.15) is 11.5 Å². The van der Waals surface area contributed by atoms with E-state index < -0.39 is 11.9 Å². The van der Waals surface area contributed by atoms with Crippen LogP contribution in [0.4, 0.5) is 0 Å². The number of carbonyl (C=O) groups excluding carboxylic acids is 2. The first kappa shape index (κ1) is 18.0. The Bertz CT molecular complexity index is 729. The van der Waals surface area contributed by atoms with E-state index in [2.05, 4.69) is 20.7 Å². The van der Waals surface area contributed by atoms with Crippen LogP contribution in [0.1, 0.15) is 21.5 Å². The molecule has 0 aliphatic rings. The third-order valence-corrected chi connectivity index (χ3v) is 3.72. The van der Waals surface area contributed by atoms with Gasteiger partial charge in [0, 0.05) is 4.47 Å². The molecule has 2 aromatic rings. The molecule has 0 radical (unpaired) electrons. The first-order valence-electron chi connectivity index (χ1n) is 7.19. The predicted molar refractivity (Wildman–Crippen MR) is 92.5 cm³/mol. The Balaban J connectivity index is 1.95. The zero-order chi connectivity index (χ0) is 17.7. The molecular formula is C18H17BrO5. The highest BCUT2D eigenvalue weighted by Gasteiger charge is 2.11. The number of benzene rings is 2. The Hall–Kier alpha value is -2.34. The maximum absolute atomic E-state index is 11.9. The third-order valence-electron chi connectivity index (χ3n) is 3.27. The van der Waals surface area contributed by atoms with E-state index in [-0.39, 0.29) is 6.61 Å². The molecule has 0 spiro atoms. The molecule has 126 valence electrons. The van der Waals surface area contributed by atoms with Crippen molar-refractivity contribution in [3.63, 3.8) is 0 Å². The quantitative estimate of drug-likeness (QED) is 0.571. The Morgan fingerprint density at radius 3 is 2.17 bits per heavy atom. The standard InChI is InChI=1S/C18H17BrO5/c1-11-8-14(19)9-12(2)17(11)23-10-16(20)24-15-6-4-13(5-7-15)18(21)22-3/h4-9H,10H2,1-3H3. The number of methoxy groups -OCH3 is 1. The Morgan fingerprint density at radius 1 is 1.04 bits per heavy atom. The Kier molecular flexibility index (Phi) is 5.98. The second-order valence-electron chi connectivity index (χ2n) is 5.15. The molecule has 2 rings (SSSR count). The predicted octanol–water partition coefficient (Wildman–Crippen LogP) is 3.84. The van der Waals surface area contributed by atoms with E-state index in [1.807, 2.05) is 26.0 Å². The average molecular weight is 393 g/mol. The molecule has 0 saturated heterocycles. The Labute approximate surface area is 148 Å². The van der Waals surface area contributed by atoms with Crippen LogP contribution in [0.5, 0.6) is 11.5 Å². The van der Waals surface area contributed by atoms with Crippen LogP contribution in [-0.4, -0.2) is 25.7 Å².